The zero-order valence-electron chi connectivity index (χ0n) is 14.1. The van der Waals surface area contributed by atoms with E-state index in [4.69, 9.17) is 10.5 Å². The van der Waals surface area contributed by atoms with Gasteiger partial charge in [-0.1, -0.05) is 44.2 Å². The molecule has 0 aliphatic rings. The number of para-hydroxylation sites is 1. The molecule has 0 aliphatic heterocycles. The summed E-state index contributed by atoms with van der Waals surface area (Å²) in [6.45, 7) is 5.78. The van der Waals surface area contributed by atoms with Crippen molar-refractivity contribution in [1.29, 1.82) is 0 Å². The van der Waals surface area contributed by atoms with Crippen molar-refractivity contribution in [3.05, 3.63) is 65.2 Å². The molecule has 1 amide bonds. The van der Waals surface area contributed by atoms with Gasteiger partial charge in [-0.3, -0.25) is 4.79 Å². The zero-order valence-corrected chi connectivity index (χ0v) is 14.9. The average Bonchev–Trinajstić information content (AvgIpc) is 2.58. The SMILES string of the molecule is CC(C)COc1ccccc1CNC(=O)c1ccc(CN)cc1.Cl. The first-order chi connectivity index (χ1) is 11.1. The highest BCUT2D eigenvalue weighted by molar-refractivity contribution is 5.94. The van der Waals surface area contributed by atoms with Crippen LogP contribution in [0.5, 0.6) is 5.75 Å². The summed E-state index contributed by atoms with van der Waals surface area (Å²) in [6, 6.07) is 15.1. The van der Waals surface area contributed by atoms with Crippen molar-refractivity contribution >= 4 is 18.3 Å². The van der Waals surface area contributed by atoms with Gasteiger partial charge in [-0.05, 0) is 29.7 Å². The van der Waals surface area contributed by atoms with E-state index in [1.807, 2.05) is 36.4 Å². The smallest absolute Gasteiger partial charge is 0.251 e. The number of rotatable bonds is 7. The Hall–Kier alpha value is -2.04. The van der Waals surface area contributed by atoms with Crippen LogP contribution in [0.3, 0.4) is 0 Å². The summed E-state index contributed by atoms with van der Waals surface area (Å²) in [5.41, 5.74) is 8.17. The number of benzene rings is 2. The maximum Gasteiger partial charge on any atom is 0.251 e. The van der Waals surface area contributed by atoms with E-state index in [0.29, 0.717) is 31.2 Å². The van der Waals surface area contributed by atoms with E-state index in [0.717, 1.165) is 16.9 Å². The number of hydrogen-bond acceptors (Lipinski definition) is 3. The van der Waals surface area contributed by atoms with Crippen molar-refractivity contribution in [2.45, 2.75) is 26.9 Å². The monoisotopic (exact) mass is 348 g/mol. The van der Waals surface area contributed by atoms with Crippen LogP contribution < -0.4 is 15.8 Å². The van der Waals surface area contributed by atoms with Crippen LogP contribution in [0.15, 0.2) is 48.5 Å². The summed E-state index contributed by atoms with van der Waals surface area (Å²) in [5.74, 6) is 1.17. The molecule has 130 valence electrons. The standard InChI is InChI=1S/C19H24N2O2.ClH/c1-14(2)13-23-18-6-4-3-5-17(18)12-21-19(22)16-9-7-15(11-20)8-10-16;/h3-10,14H,11-13,20H2,1-2H3,(H,21,22);1H. The molecule has 0 aliphatic carbocycles. The molecule has 0 atom stereocenters. The third-order valence-corrected chi connectivity index (χ3v) is 3.44. The molecule has 0 heterocycles. The molecule has 5 heteroatoms. The van der Waals surface area contributed by atoms with Crippen LogP contribution in [-0.2, 0) is 13.1 Å². The molecule has 0 saturated heterocycles. The first-order valence-electron chi connectivity index (χ1n) is 7.88. The number of carbonyl (C=O) groups excluding carboxylic acids is 1. The summed E-state index contributed by atoms with van der Waals surface area (Å²) >= 11 is 0. The third-order valence-electron chi connectivity index (χ3n) is 3.44. The molecule has 0 spiro atoms. The quantitative estimate of drug-likeness (QED) is 0.804. The van der Waals surface area contributed by atoms with E-state index in [1.165, 1.54) is 0 Å². The summed E-state index contributed by atoms with van der Waals surface area (Å²) in [5, 5.41) is 2.93. The normalized spacial score (nSPS) is 10.2. The van der Waals surface area contributed by atoms with Crippen molar-refractivity contribution in [3.63, 3.8) is 0 Å². The Balaban J connectivity index is 0.00000288. The predicted octanol–water partition coefficient (Wildman–Crippen LogP) is 3.53. The topological polar surface area (TPSA) is 64.3 Å². The van der Waals surface area contributed by atoms with Crippen LogP contribution in [0.4, 0.5) is 0 Å². The van der Waals surface area contributed by atoms with Crippen LogP contribution in [0.2, 0.25) is 0 Å². The fraction of sp³-hybridized carbons (Fsp3) is 0.316. The third kappa shape index (κ3) is 5.87. The minimum absolute atomic E-state index is 0. The number of amides is 1. The summed E-state index contributed by atoms with van der Waals surface area (Å²) in [6.07, 6.45) is 0. The van der Waals surface area contributed by atoms with Crippen LogP contribution in [0.25, 0.3) is 0 Å². The van der Waals surface area contributed by atoms with Gasteiger partial charge in [0.2, 0.25) is 0 Å². The number of halogens is 1. The second kappa shape index (κ2) is 9.96. The Morgan fingerprint density at radius 3 is 2.42 bits per heavy atom. The molecule has 24 heavy (non-hydrogen) atoms. The number of hydrogen-bond donors (Lipinski definition) is 2. The van der Waals surface area contributed by atoms with Crippen molar-refractivity contribution in [2.75, 3.05) is 6.61 Å². The Bertz CT molecular complexity index is 642. The molecule has 2 aromatic rings. The lowest BCUT2D eigenvalue weighted by Crippen LogP contribution is -2.23. The first-order valence-corrected chi connectivity index (χ1v) is 7.88. The first kappa shape index (κ1) is 20.0. The number of ether oxygens (including phenoxy) is 1. The summed E-state index contributed by atoms with van der Waals surface area (Å²) in [7, 11) is 0. The van der Waals surface area contributed by atoms with Gasteiger partial charge in [0, 0.05) is 24.2 Å². The highest BCUT2D eigenvalue weighted by Gasteiger charge is 2.08. The van der Waals surface area contributed by atoms with E-state index in [2.05, 4.69) is 19.2 Å². The van der Waals surface area contributed by atoms with Gasteiger partial charge in [0.05, 0.1) is 6.61 Å². The van der Waals surface area contributed by atoms with E-state index in [-0.39, 0.29) is 18.3 Å². The van der Waals surface area contributed by atoms with Crippen LogP contribution in [0.1, 0.15) is 35.3 Å². The fourth-order valence-corrected chi connectivity index (χ4v) is 2.12. The van der Waals surface area contributed by atoms with Crippen molar-refractivity contribution in [3.8, 4) is 5.75 Å². The summed E-state index contributed by atoms with van der Waals surface area (Å²) < 4.78 is 5.80. The number of carbonyl (C=O) groups is 1. The summed E-state index contributed by atoms with van der Waals surface area (Å²) in [4.78, 5) is 12.2. The second-order valence-corrected chi connectivity index (χ2v) is 5.90. The minimum atomic E-state index is -0.104. The Morgan fingerprint density at radius 2 is 1.79 bits per heavy atom. The molecule has 2 rings (SSSR count). The molecule has 4 nitrogen and oxygen atoms in total. The van der Waals surface area contributed by atoms with E-state index >= 15 is 0 Å². The maximum atomic E-state index is 12.2. The molecule has 0 unspecified atom stereocenters. The number of nitrogens with one attached hydrogen (secondary N) is 1. The Kier molecular flexibility index (Phi) is 8.30. The lowest BCUT2D eigenvalue weighted by molar-refractivity contribution is 0.0950. The molecule has 0 saturated carbocycles. The van der Waals surface area contributed by atoms with Crippen molar-refractivity contribution < 1.29 is 9.53 Å². The molecule has 0 fully saturated rings. The molecular formula is C19H25ClN2O2. The molecule has 0 aromatic heterocycles. The molecule has 0 bridgehead atoms. The van der Waals surface area contributed by atoms with E-state index in [9.17, 15) is 4.79 Å². The Morgan fingerprint density at radius 1 is 1.12 bits per heavy atom. The molecule has 0 radical (unpaired) electrons. The van der Waals surface area contributed by atoms with Gasteiger partial charge in [0.15, 0.2) is 0 Å². The van der Waals surface area contributed by atoms with E-state index in [1.54, 1.807) is 12.1 Å². The predicted molar refractivity (Wildman–Crippen MR) is 99.5 cm³/mol. The van der Waals surface area contributed by atoms with Crippen molar-refractivity contribution in [1.82, 2.24) is 5.32 Å². The van der Waals surface area contributed by atoms with Crippen molar-refractivity contribution in [2.24, 2.45) is 11.7 Å². The van der Waals surface area contributed by atoms with Gasteiger partial charge >= 0.3 is 0 Å². The molecular weight excluding hydrogens is 324 g/mol. The van der Waals surface area contributed by atoms with Gasteiger partial charge in [-0.15, -0.1) is 12.4 Å². The van der Waals surface area contributed by atoms with Crippen LogP contribution in [0, 0.1) is 5.92 Å². The van der Waals surface area contributed by atoms with Gasteiger partial charge in [0.1, 0.15) is 5.75 Å². The van der Waals surface area contributed by atoms with Gasteiger partial charge in [-0.25, -0.2) is 0 Å². The zero-order chi connectivity index (χ0) is 16.7. The van der Waals surface area contributed by atoms with Gasteiger partial charge in [-0.2, -0.15) is 0 Å². The van der Waals surface area contributed by atoms with Crippen LogP contribution >= 0.6 is 12.4 Å². The van der Waals surface area contributed by atoms with E-state index < -0.39 is 0 Å². The second-order valence-electron chi connectivity index (χ2n) is 5.90. The highest BCUT2D eigenvalue weighted by atomic mass is 35.5. The molecule has 3 N–H and O–H groups in total. The van der Waals surface area contributed by atoms with Gasteiger partial charge < -0.3 is 15.8 Å². The number of nitrogens with two attached hydrogens (primary N) is 1. The van der Waals surface area contributed by atoms with Crippen LogP contribution in [-0.4, -0.2) is 12.5 Å². The maximum absolute atomic E-state index is 12.2. The molecule has 2 aromatic carbocycles. The van der Waals surface area contributed by atoms with Gasteiger partial charge in [0.25, 0.3) is 5.91 Å². The fourth-order valence-electron chi connectivity index (χ4n) is 2.12. The largest absolute Gasteiger partial charge is 0.493 e. The Labute approximate surface area is 149 Å². The lowest BCUT2D eigenvalue weighted by atomic mass is 10.1. The lowest BCUT2D eigenvalue weighted by Gasteiger charge is -2.13. The average molecular weight is 349 g/mol. The minimum Gasteiger partial charge on any atom is -0.493 e. The highest BCUT2D eigenvalue weighted by Crippen LogP contribution is 2.18.